The largest absolute Gasteiger partial charge is 0.394 e. The van der Waals surface area contributed by atoms with E-state index in [0.29, 0.717) is 17.5 Å². The van der Waals surface area contributed by atoms with Gasteiger partial charge in [-0.25, -0.2) is 4.98 Å². The molecule has 9 nitrogen and oxygen atoms in total. The monoisotopic (exact) mass is 395 g/mol. The first-order valence-corrected chi connectivity index (χ1v) is 9.22. The normalized spacial score (nSPS) is 11.7. The quantitative estimate of drug-likeness (QED) is 0.535. The molecule has 0 aliphatic heterocycles. The second kappa shape index (κ2) is 9.16. The van der Waals surface area contributed by atoms with Crippen LogP contribution >= 0.6 is 0 Å². The van der Waals surface area contributed by atoms with Gasteiger partial charge in [-0.2, -0.15) is 10.1 Å². The molecule has 1 aromatic carbocycles. The molecule has 0 saturated carbocycles. The number of carbonyl (C=O) groups is 1. The first kappa shape index (κ1) is 20.3. The third kappa shape index (κ3) is 5.29. The first-order valence-electron chi connectivity index (χ1n) is 9.22. The molecule has 0 saturated heterocycles. The van der Waals surface area contributed by atoms with E-state index in [2.05, 4.69) is 25.7 Å². The highest BCUT2D eigenvalue weighted by atomic mass is 16.3. The number of likely N-dealkylation sites (N-methyl/N-ethyl adjacent to an activating group) is 1. The summed E-state index contributed by atoms with van der Waals surface area (Å²) in [7, 11) is 3.41. The minimum absolute atomic E-state index is 0.0475. The number of hydrogen-bond acceptors (Lipinski definition) is 7. The zero-order valence-corrected chi connectivity index (χ0v) is 16.7. The van der Waals surface area contributed by atoms with Gasteiger partial charge in [0, 0.05) is 32.1 Å². The van der Waals surface area contributed by atoms with Crippen molar-refractivity contribution in [1.29, 1.82) is 0 Å². The van der Waals surface area contributed by atoms with E-state index in [-0.39, 0.29) is 25.1 Å². The smallest absolute Gasteiger partial charge is 0.243 e. The van der Waals surface area contributed by atoms with Crippen LogP contribution < -0.4 is 10.6 Å². The molecular weight excluding hydrogens is 370 g/mol. The number of rotatable bonds is 8. The summed E-state index contributed by atoms with van der Waals surface area (Å²) >= 11 is 0. The third-order valence-corrected chi connectivity index (χ3v) is 4.35. The summed E-state index contributed by atoms with van der Waals surface area (Å²) in [6.45, 7) is 1.99. The van der Waals surface area contributed by atoms with Gasteiger partial charge in [0.25, 0.3) is 0 Å². The Balaban J connectivity index is 1.72. The molecular formula is C20H25N7O2. The van der Waals surface area contributed by atoms with Crippen LogP contribution in [0.2, 0.25) is 0 Å². The van der Waals surface area contributed by atoms with Gasteiger partial charge in [-0.15, -0.1) is 0 Å². The Morgan fingerprint density at radius 2 is 2.00 bits per heavy atom. The van der Waals surface area contributed by atoms with Crippen molar-refractivity contribution in [3.63, 3.8) is 0 Å². The molecule has 2 aromatic heterocycles. The van der Waals surface area contributed by atoms with Gasteiger partial charge in [0.2, 0.25) is 11.9 Å². The van der Waals surface area contributed by atoms with Crippen LogP contribution in [0.15, 0.2) is 48.9 Å². The number of hydrogen-bond donors (Lipinski definition) is 3. The fraction of sp³-hybridized carbons (Fsp3) is 0.300. The fourth-order valence-corrected chi connectivity index (χ4v) is 2.66. The predicted molar refractivity (Wildman–Crippen MR) is 111 cm³/mol. The van der Waals surface area contributed by atoms with Crippen molar-refractivity contribution in [3.05, 3.63) is 60.0 Å². The van der Waals surface area contributed by atoms with Gasteiger partial charge in [-0.3, -0.25) is 9.48 Å². The van der Waals surface area contributed by atoms with Crippen molar-refractivity contribution >= 4 is 23.4 Å². The Kier molecular flexibility index (Phi) is 6.40. The number of anilines is 3. The van der Waals surface area contributed by atoms with Crippen LogP contribution in [0.25, 0.3) is 0 Å². The Morgan fingerprint density at radius 1 is 1.24 bits per heavy atom. The summed E-state index contributed by atoms with van der Waals surface area (Å²) in [5.74, 6) is 0.968. The van der Waals surface area contributed by atoms with Crippen molar-refractivity contribution in [1.82, 2.24) is 24.6 Å². The molecule has 3 aromatic rings. The maximum absolute atomic E-state index is 11.8. The molecule has 3 rings (SSSR count). The summed E-state index contributed by atoms with van der Waals surface area (Å²) in [6, 6.07) is 9.41. The third-order valence-electron chi connectivity index (χ3n) is 4.35. The fourth-order valence-electron chi connectivity index (χ4n) is 2.66. The average molecular weight is 395 g/mol. The molecule has 0 bridgehead atoms. The highest BCUT2D eigenvalue weighted by molar-refractivity contribution is 5.75. The first-order chi connectivity index (χ1) is 14.0. The van der Waals surface area contributed by atoms with Gasteiger partial charge in [0.05, 0.1) is 24.5 Å². The van der Waals surface area contributed by atoms with Crippen molar-refractivity contribution in [3.8, 4) is 0 Å². The van der Waals surface area contributed by atoms with Gasteiger partial charge in [0.1, 0.15) is 12.4 Å². The topological polar surface area (TPSA) is 108 Å². The number of carbonyl (C=O) groups excluding carboxylic acids is 1. The molecule has 29 heavy (non-hydrogen) atoms. The summed E-state index contributed by atoms with van der Waals surface area (Å²) < 4.78 is 1.55. The lowest BCUT2D eigenvalue weighted by Gasteiger charge is -2.19. The lowest BCUT2D eigenvalue weighted by atomic mass is 10.1. The number of benzene rings is 1. The molecule has 1 amide bonds. The van der Waals surface area contributed by atoms with E-state index >= 15 is 0 Å². The molecule has 0 fully saturated rings. The zero-order valence-electron chi connectivity index (χ0n) is 16.7. The molecule has 0 aliphatic carbocycles. The standard InChI is InChI=1S/C20H25N7O2/c1-14-9-21-20(23-16-10-22-27(11-16)12-18(29)26(2)3)25-19(14)24-17(13-28)15-7-5-4-6-8-15/h4-11,17,28H,12-13H2,1-3H3,(H2,21,23,24,25)/t17-/m1/s1. The Hall–Kier alpha value is -3.46. The van der Waals surface area contributed by atoms with Crippen molar-refractivity contribution < 1.29 is 9.90 Å². The Bertz CT molecular complexity index is 956. The van der Waals surface area contributed by atoms with Crippen LogP contribution in [-0.4, -0.2) is 56.4 Å². The zero-order chi connectivity index (χ0) is 20.8. The van der Waals surface area contributed by atoms with E-state index in [1.165, 1.54) is 4.90 Å². The minimum Gasteiger partial charge on any atom is -0.394 e. The van der Waals surface area contributed by atoms with Gasteiger partial charge < -0.3 is 20.6 Å². The number of aryl methyl sites for hydroxylation is 1. The summed E-state index contributed by atoms with van der Waals surface area (Å²) in [5.41, 5.74) is 2.50. The molecule has 1 atom stereocenters. The van der Waals surface area contributed by atoms with E-state index in [1.54, 1.807) is 37.4 Å². The highest BCUT2D eigenvalue weighted by Crippen LogP contribution is 2.22. The summed E-state index contributed by atoms with van der Waals surface area (Å²) in [6.07, 6.45) is 5.04. The molecule has 0 unspecified atom stereocenters. The lowest BCUT2D eigenvalue weighted by molar-refractivity contribution is -0.129. The Morgan fingerprint density at radius 3 is 2.69 bits per heavy atom. The van der Waals surface area contributed by atoms with Gasteiger partial charge in [0.15, 0.2) is 0 Å². The number of nitrogens with one attached hydrogen (secondary N) is 2. The van der Waals surface area contributed by atoms with Crippen molar-refractivity contribution in [2.24, 2.45) is 0 Å². The van der Waals surface area contributed by atoms with E-state index in [1.807, 2.05) is 37.3 Å². The molecule has 0 aliphatic rings. The average Bonchev–Trinajstić information content (AvgIpc) is 3.15. The van der Waals surface area contributed by atoms with E-state index in [9.17, 15) is 9.90 Å². The maximum Gasteiger partial charge on any atom is 0.243 e. The van der Waals surface area contributed by atoms with Crippen molar-refractivity contribution in [2.75, 3.05) is 31.3 Å². The molecule has 3 N–H and O–H groups in total. The van der Waals surface area contributed by atoms with E-state index in [0.717, 1.165) is 11.1 Å². The summed E-state index contributed by atoms with van der Waals surface area (Å²) in [5, 5.41) is 20.3. The van der Waals surface area contributed by atoms with Crippen LogP contribution in [0, 0.1) is 6.92 Å². The van der Waals surface area contributed by atoms with Gasteiger partial charge in [-0.05, 0) is 12.5 Å². The highest BCUT2D eigenvalue weighted by Gasteiger charge is 2.13. The van der Waals surface area contributed by atoms with Crippen LogP contribution in [0.3, 0.4) is 0 Å². The van der Waals surface area contributed by atoms with Crippen LogP contribution in [-0.2, 0) is 11.3 Å². The van der Waals surface area contributed by atoms with Crippen LogP contribution in [0.1, 0.15) is 17.2 Å². The molecule has 152 valence electrons. The van der Waals surface area contributed by atoms with Gasteiger partial charge >= 0.3 is 0 Å². The molecule has 0 radical (unpaired) electrons. The van der Waals surface area contributed by atoms with E-state index < -0.39 is 0 Å². The lowest BCUT2D eigenvalue weighted by Crippen LogP contribution is -2.26. The SMILES string of the molecule is Cc1cnc(Nc2cnn(CC(=O)N(C)C)c2)nc1N[C@H](CO)c1ccccc1. The maximum atomic E-state index is 11.8. The van der Waals surface area contributed by atoms with E-state index in [4.69, 9.17) is 0 Å². The summed E-state index contributed by atoms with van der Waals surface area (Å²) in [4.78, 5) is 22.1. The van der Waals surface area contributed by atoms with Crippen molar-refractivity contribution in [2.45, 2.75) is 19.5 Å². The van der Waals surface area contributed by atoms with Gasteiger partial charge in [-0.1, -0.05) is 30.3 Å². The minimum atomic E-state index is -0.280. The number of aliphatic hydroxyl groups is 1. The second-order valence-corrected chi connectivity index (χ2v) is 6.86. The van der Waals surface area contributed by atoms with Crippen LogP contribution in [0.4, 0.5) is 17.5 Å². The molecule has 2 heterocycles. The number of nitrogens with zero attached hydrogens (tertiary/aromatic N) is 5. The predicted octanol–water partition coefficient (Wildman–Crippen LogP) is 1.96. The number of aromatic nitrogens is 4. The molecule has 0 spiro atoms. The molecule has 9 heteroatoms. The Labute approximate surface area is 169 Å². The second-order valence-electron chi connectivity index (χ2n) is 6.86. The van der Waals surface area contributed by atoms with Crippen LogP contribution in [0.5, 0.6) is 0 Å². The number of aliphatic hydroxyl groups excluding tert-OH is 1. The number of amides is 1.